The van der Waals surface area contributed by atoms with Crippen LogP contribution in [0.15, 0.2) is 12.5 Å². The Labute approximate surface area is 117 Å². The van der Waals surface area contributed by atoms with Crippen molar-refractivity contribution < 1.29 is 0 Å². The van der Waals surface area contributed by atoms with E-state index in [0.717, 1.165) is 36.3 Å². The Kier molecular flexibility index (Phi) is 3.51. The van der Waals surface area contributed by atoms with Crippen LogP contribution < -0.4 is 0 Å². The second kappa shape index (κ2) is 5.29. The van der Waals surface area contributed by atoms with Gasteiger partial charge < -0.3 is 4.57 Å². The summed E-state index contributed by atoms with van der Waals surface area (Å²) in [6.45, 7) is 2.93. The summed E-state index contributed by atoms with van der Waals surface area (Å²) in [4.78, 5) is 13.4. The maximum atomic E-state index is 6.35. The molecule has 2 heterocycles. The van der Waals surface area contributed by atoms with Gasteiger partial charge in [-0.2, -0.15) is 0 Å². The number of hydrogen-bond acceptors (Lipinski definition) is 3. The minimum absolute atomic E-state index is 0.616. The van der Waals surface area contributed by atoms with Crippen LogP contribution in [0.2, 0.25) is 5.15 Å². The first kappa shape index (κ1) is 12.6. The van der Waals surface area contributed by atoms with Crippen LogP contribution in [0.25, 0.3) is 11.5 Å². The Morgan fingerprint density at radius 3 is 2.89 bits per heavy atom. The van der Waals surface area contributed by atoms with Crippen LogP contribution >= 0.6 is 11.6 Å². The van der Waals surface area contributed by atoms with Crippen molar-refractivity contribution >= 4 is 11.6 Å². The van der Waals surface area contributed by atoms with Crippen LogP contribution in [0.1, 0.15) is 37.4 Å². The predicted octanol–water partition coefficient (Wildman–Crippen LogP) is 3.28. The number of rotatable bonds is 2. The maximum Gasteiger partial charge on any atom is 0.179 e. The van der Waals surface area contributed by atoms with E-state index < -0.39 is 0 Å². The molecule has 100 valence electrons. The summed E-state index contributed by atoms with van der Waals surface area (Å²) in [5.41, 5.74) is 3.21. The fourth-order valence-corrected chi connectivity index (χ4v) is 2.88. The van der Waals surface area contributed by atoms with E-state index >= 15 is 0 Å². The molecule has 1 aliphatic carbocycles. The molecule has 0 fully saturated rings. The fraction of sp³-hybridized carbons (Fsp3) is 0.500. The van der Waals surface area contributed by atoms with E-state index in [1.54, 1.807) is 12.5 Å². The van der Waals surface area contributed by atoms with Crippen molar-refractivity contribution in [2.75, 3.05) is 0 Å². The third kappa shape index (κ3) is 2.37. The number of aromatic nitrogens is 4. The van der Waals surface area contributed by atoms with Crippen molar-refractivity contribution in [3.8, 4) is 11.5 Å². The molecule has 0 unspecified atom stereocenters. The largest absolute Gasteiger partial charge is 0.328 e. The van der Waals surface area contributed by atoms with Gasteiger partial charge in [0, 0.05) is 17.8 Å². The first-order valence-electron chi connectivity index (χ1n) is 6.85. The highest BCUT2D eigenvalue weighted by Crippen LogP contribution is 2.27. The summed E-state index contributed by atoms with van der Waals surface area (Å²) >= 11 is 6.35. The van der Waals surface area contributed by atoms with Gasteiger partial charge in [-0.05, 0) is 32.6 Å². The molecule has 0 spiro atoms. The van der Waals surface area contributed by atoms with Gasteiger partial charge in [-0.15, -0.1) is 0 Å². The number of fused-ring (bicyclic) bond motifs is 1. The molecule has 1 aliphatic rings. The molecular weight excluding hydrogens is 260 g/mol. The van der Waals surface area contributed by atoms with E-state index in [9.17, 15) is 0 Å². The summed E-state index contributed by atoms with van der Waals surface area (Å²) < 4.78 is 2.04. The van der Waals surface area contributed by atoms with Crippen LogP contribution in [0.5, 0.6) is 0 Å². The molecule has 0 aromatic carbocycles. The van der Waals surface area contributed by atoms with Gasteiger partial charge in [-0.1, -0.05) is 18.0 Å². The average Bonchev–Trinajstić information content (AvgIpc) is 2.76. The molecule has 0 atom stereocenters. The Morgan fingerprint density at radius 2 is 2.05 bits per heavy atom. The summed E-state index contributed by atoms with van der Waals surface area (Å²) in [5.74, 6) is 0.699. The summed E-state index contributed by atoms with van der Waals surface area (Å²) in [7, 11) is 0. The Morgan fingerprint density at radius 1 is 1.21 bits per heavy atom. The quantitative estimate of drug-likeness (QED) is 0.624. The molecule has 0 bridgehead atoms. The summed E-state index contributed by atoms with van der Waals surface area (Å²) in [5, 5.41) is 0.616. The standard InChI is InChI=1S/C14H17ClN4/c1-2-19-9-16-8-12(19)14-17-11-7-5-3-4-6-10(11)13(15)18-14/h8-9H,2-7H2,1H3. The third-order valence-corrected chi connectivity index (χ3v) is 3.98. The normalized spacial score (nSPS) is 15.1. The van der Waals surface area contributed by atoms with E-state index in [2.05, 4.69) is 16.9 Å². The molecule has 5 heteroatoms. The monoisotopic (exact) mass is 276 g/mol. The van der Waals surface area contributed by atoms with E-state index in [0.29, 0.717) is 11.0 Å². The van der Waals surface area contributed by atoms with Gasteiger partial charge in [0.15, 0.2) is 5.82 Å². The summed E-state index contributed by atoms with van der Waals surface area (Å²) in [6.07, 6.45) is 9.23. The lowest BCUT2D eigenvalue weighted by molar-refractivity contribution is 0.708. The van der Waals surface area contributed by atoms with Gasteiger partial charge in [0.05, 0.1) is 12.5 Å². The second-order valence-corrected chi connectivity index (χ2v) is 5.25. The Hall–Kier alpha value is -1.42. The summed E-state index contributed by atoms with van der Waals surface area (Å²) in [6, 6.07) is 0. The lowest BCUT2D eigenvalue weighted by Gasteiger charge is -2.10. The van der Waals surface area contributed by atoms with Gasteiger partial charge in [-0.25, -0.2) is 15.0 Å². The molecule has 3 rings (SSSR count). The molecule has 0 saturated heterocycles. The van der Waals surface area contributed by atoms with Gasteiger partial charge in [0.25, 0.3) is 0 Å². The van der Waals surface area contributed by atoms with Crippen molar-refractivity contribution in [2.45, 2.75) is 45.6 Å². The van der Waals surface area contributed by atoms with Crippen molar-refractivity contribution in [1.29, 1.82) is 0 Å². The highest BCUT2D eigenvalue weighted by molar-refractivity contribution is 6.30. The predicted molar refractivity (Wildman–Crippen MR) is 75.2 cm³/mol. The number of halogens is 1. The topological polar surface area (TPSA) is 43.6 Å². The highest BCUT2D eigenvalue weighted by Gasteiger charge is 2.17. The SMILES string of the molecule is CCn1cncc1-c1nc(Cl)c2c(n1)CCCCC2. The van der Waals surface area contributed by atoms with Crippen molar-refractivity contribution in [1.82, 2.24) is 19.5 Å². The van der Waals surface area contributed by atoms with Gasteiger partial charge in [0.1, 0.15) is 10.8 Å². The molecule has 2 aromatic heterocycles. The van der Waals surface area contributed by atoms with Crippen LogP contribution in [0.4, 0.5) is 0 Å². The lowest BCUT2D eigenvalue weighted by Crippen LogP contribution is -2.05. The molecule has 0 saturated carbocycles. The third-order valence-electron chi connectivity index (χ3n) is 3.66. The van der Waals surface area contributed by atoms with Crippen molar-refractivity contribution in [2.24, 2.45) is 0 Å². The molecule has 2 aromatic rings. The van der Waals surface area contributed by atoms with E-state index in [-0.39, 0.29) is 0 Å². The van der Waals surface area contributed by atoms with Crippen LogP contribution in [0, 0.1) is 0 Å². The van der Waals surface area contributed by atoms with Crippen molar-refractivity contribution in [3.63, 3.8) is 0 Å². The minimum Gasteiger partial charge on any atom is -0.328 e. The molecule has 0 N–H and O–H groups in total. The van der Waals surface area contributed by atoms with E-state index in [1.807, 2.05) is 4.57 Å². The molecule has 0 amide bonds. The van der Waals surface area contributed by atoms with Crippen molar-refractivity contribution in [3.05, 3.63) is 28.9 Å². The van der Waals surface area contributed by atoms with E-state index in [4.69, 9.17) is 16.6 Å². The highest BCUT2D eigenvalue weighted by atomic mass is 35.5. The number of aryl methyl sites for hydroxylation is 2. The van der Waals surface area contributed by atoms with Crippen LogP contribution in [-0.2, 0) is 19.4 Å². The zero-order valence-corrected chi connectivity index (χ0v) is 11.8. The van der Waals surface area contributed by atoms with Crippen LogP contribution in [0.3, 0.4) is 0 Å². The molecule has 0 radical (unpaired) electrons. The molecule has 19 heavy (non-hydrogen) atoms. The molecular formula is C14H17ClN4. The minimum atomic E-state index is 0.616. The molecule has 4 nitrogen and oxygen atoms in total. The molecule has 0 aliphatic heterocycles. The van der Waals surface area contributed by atoms with Gasteiger partial charge >= 0.3 is 0 Å². The number of hydrogen-bond donors (Lipinski definition) is 0. The zero-order valence-electron chi connectivity index (χ0n) is 11.1. The second-order valence-electron chi connectivity index (χ2n) is 4.89. The Balaban J connectivity index is 2.09. The smallest absolute Gasteiger partial charge is 0.179 e. The zero-order chi connectivity index (χ0) is 13.2. The first-order chi connectivity index (χ1) is 9.29. The number of imidazole rings is 1. The maximum absolute atomic E-state index is 6.35. The van der Waals surface area contributed by atoms with Crippen LogP contribution in [-0.4, -0.2) is 19.5 Å². The fourth-order valence-electron chi connectivity index (χ4n) is 2.60. The van der Waals surface area contributed by atoms with Gasteiger partial charge in [-0.3, -0.25) is 0 Å². The Bertz CT molecular complexity index is 591. The van der Waals surface area contributed by atoms with Gasteiger partial charge in [0.2, 0.25) is 0 Å². The number of nitrogens with zero attached hydrogens (tertiary/aromatic N) is 4. The van der Waals surface area contributed by atoms with E-state index in [1.165, 1.54) is 19.3 Å². The average molecular weight is 277 g/mol. The lowest BCUT2D eigenvalue weighted by atomic mass is 10.1. The first-order valence-corrected chi connectivity index (χ1v) is 7.23.